The predicted octanol–water partition coefficient (Wildman–Crippen LogP) is 2.77. The summed E-state index contributed by atoms with van der Waals surface area (Å²) in [7, 11) is 1.94. The molecule has 0 aliphatic carbocycles. The number of nitrogens with zero attached hydrogens (tertiary/aromatic N) is 4. The second-order valence-corrected chi connectivity index (χ2v) is 11.2. The van der Waals surface area contributed by atoms with E-state index < -0.39 is 12.0 Å². The van der Waals surface area contributed by atoms with E-state index in [9.17, 15) is 9.59 Å². The Bertz CT molecular complexity index is 1040. The highest BCUT2D eigenvalue weighted by Crippen LogP contribution is 2.23. The molecule has 0 bridgehead atoms. The molecule has 1 aromatic carbocycles. The molecule has 1 atom stereocenters. The maximum absolute atomic E-state index is 12.4. The third-order valence-electron chi connectivity index (χ3n) is 6.23. The molecule has 3 N–H and O–H groups in total. The highest BCUT2D eigenvalue weighted by molar-refractivity contribution is 6.18. The predicted molar refractivity (Wildman–Crippen MR) is 162 cm³/mol. The van der Waals surface area contributed by atoms with Gasteiger partial charge in [-0.25, -0.2) is 4.98 Å². The van der Waals surface area contributed by atoms with Gasteiger partial charge < -0.3 is 30.0 Å². The second kappa shape index (κ2) is 18.3. The van der Waals surface area contributed by atoms with Gasteiger partial charge in [0.15, 0.2) is 0 Å². The smallest absolute Gasteiger partial charge is 0.325 e. The van der Waals surface area contributed by atoms with Crippen LogP contribution < -0.4 is 16.0 Å². The maximum Gasteiger partial charge on any atom is 0.325 e. The van der Waals surface area contributed by atoms with Crippen LogP contribution in [-0.4, -0.2) is 103 Å². The number of aromatic nitrogens is 2. The fraction of sp³-hybridized carbons (Fsp3) is 0.679. The fourth-order valence-electron chi connectivity index (χ4n) is 4.10. The van der Waals surface area contributed by atoms with Gasteiger partial charge >= 0.3 is 5.97 Å². The molecule has 1 saturated heterocycles. The molecule has 40 heavy (non-hydrogen) atoms. The average Bonchev–Trinajstić information content (AvgIpc) is 3.25. The number of benzene rings is 1. The number of halogens is 2. The van der Waals surface area contributed by atoms with Crippen molar-refractivity contribution in [1.82, 2.24) is 19.8 Å². The number of aryl methyl sites for hydroxylation is 2. The van der Waals surface area contributed by atoms with Gasteiger partial charge in [0.05, 0.1) is 30.3 Å². The monoisotopic (exact) mass is 600 g/mol. The molecule has 2 heterocycles. The van der Waals surface area contributed by atoms with Crippen molar-refractivity contribution >= 4 is 51.8 Å². The standard InChI is InChI=1S/C24H36Cl2N6O4.C4H10/c1-30-21-4-2-18(32(8-6-25)9-7-26)16-20(21)29-22(30)5-3-19(27)24(34)28-17-23(33)36-15-12-31-10-13-35-14-11-31;1-4(2)3/h2,4,16,19H,3,5-15,17,27H2,1H3,(H,28,34);4H,1-3H3. The van der Waals surface area contributed by atoms with E-state index >= 15 is 0 Å². The van der Waals surface area contributed by atoms with Gasteiger partial charge in [-0.2, -0.15) is 0 Å². The molecule has 1 aliphatic rings. The van der Waals surface area contributed by atoms with Gasteiger partial charge in [-0.3, -0.25) is 14.5 Å². The van der Waals surface area contributed by atoms with Crippen molar-refractivity contribution in [3.8, 4) is 0 Å². The van der Waals surface area contributed by atoms with Gasteiger partial charge in [0, 0.05) is 63.6 Å². The summed E-state index contributed by atoms with van der Waals surface area (Å²) in [6.45, 7) is 11.7. The van der Waals surface area contributed by atoms with Gasteiger partial charge in [0.2, 0.25) is 5.91 Å². The number of hydrogen-bond donors (Lipinski definition) is 2. The number of nitrogens with one attached hydrogen (secondary N) is 1. The summed E-state index contributed by atoms with van der Waals surface area (Å²) in [5, 5.41) is 2.57. The fourth-order valence-corrected chi connectivity index (χ4v) is 4.51. The number of esters is 1. The summed E-state index contributed by atoms with van der Waals surface area (Å²) in [6.07, 6.45) is 0.915. The van der Waals surface area contributed by atoms with E-state index in [2.05, 4.69) is 35.9 Å². The van der Waals surface area contributed by atoms with E-state index in [4.69, 9.17) is 43.4 Å². The molecule has 10 nitrogen and oxygen atoms in total. The number of anilines is 1. The Kier molecular flexibility index (Phi) is 15.6. The van der Waals surface area contributed by atoms with Crippen molar-refractivity contribution in [3.63, 3.8) is 0 Å². The Balaban J connectivity index is 0.00000131. The van der Waals surface area contributed by atoms with E-state index in [1.54, 1.807) is 0 Å². The lowest BCUT2D eigenvalue weighted by Crippen LogP contribution is -2.43. The minimum absolute atomic E-state index is 0.203. The van der Waals surface area contributed by atoms with Crippen LogP contribution in [0, 0.1) is 5.92 Å². The Morgan fingerprint density at radius 2 is 1.82 bits per heavy atom. The Labute approximate surface area is 248 Å². The van der Waals surface area contributed by atoms with Crippen LogP contribution in [-0.2, 0) is 32.5 Å². The van der Waals surface area contributed by atoms with Gasteiger partial charge in [-0.1, -0.05) is 20.8 Å². The zero-order chi connectivity index (χ0) is 29.5. The van der Waals surface area contributed by atoms with Gasteiger partial charge in [-0.15, -0.1) is 23.2 Å². The summed E-state index contributed by atoms with van der Waals surface area (Å²) in [4.78, 5) is 33.4. The van der Waals surface area contributed by atoms with Crippen molar-refractivity contribution < 1.29 is 19.1 Å². The van der Waals surface area contributed by atoms with Crippen molar-refractivity contribution in [2.24, 2.45) is 18.7 Å². The summed E-state index contributed by atoms with van der Waals surface area (Å²) in [5.74, 6) is 1.81. The second-order valence-electron chi connectivity index (χ2n) is 10.4. The molecule has 1 aromatic heterocycles. The number of hydrogen-bond acceptors (Lipinski definition) is 8. The third kappa shape index (κ3) is 11.8. The number of imidazole rings is 1. The van der Waals surface area contributed by atoms with Crippen molar-refractivity contribution in [3.05, 3.63) is 24.0 Å². The van der Waals surface area contributed by atoms with Crippen molar-refractivity contribution in [2.75, 3.05) is 75.7 Å². The lowest BCUT2D eigenvalue weighted by atomic mass is 10.1. The molecule has 1 aliphatic heterocycles. The van der Waals surface area contributed by atoms with Crippen LogP contribution in [0.1, 0.15) is 33.0 Å². The molecule has 226 valence electrons. The Hall–Kier alpha value is -2.11. The van der Waals surface area contributed by atoms with Gasteiger partial charge in [-0.05, 0) is 30.5 Å². The van der Waals surface area contributed by atoms with Crippen LogP contribution in [0.25, 0.3) is 11.0 Å². The first-order chi connectivity index (χ1) is 19.2. The first-order valence-electron chi connectivity index (χ1n) is 14.0. The number of nitrogens with two attached hydrogens (primary N) is 1. The lowest BCUT2D eigenvalue weighted by molar-refractivity contribution is -0.144. The van der Waals surface area contributed by atoms with Crippen LogP contribution in [0.15, 0.2) is 18.2 Å². The van der Waals surface area contributed by atoms with Gasteiger partial charge in [0.25, 0.3) is 0 Å². The number of carbonyl (C=O) groups is 2. The molecule has 12 heteroatoms. The first kappa shape index (κ1) is 34.1. The molecule has 0 radical (unpaired) electrons. The van der Waals surface area contributed by atoms with Crippen LogP contribution in [0.5, 0.6) is 0 Å². The number of amides is 1. The van der Waals surface area contributed by atoms with Gasteiger partial charge in [0.1, 0.15) is 19.0 Å². The van der Waals surface area contributed by atoms with E-state index in [-0.39, 0.29) is 19.1 Å². The summed E-state index contributed by atoms with van der Waals surface area (Å²) < 4.78 is 12.5. The van der Waals surface area contributed by atoms with E-state index in [0.29, 0.717) is 57.4 Å². The number of ether oxygens (including phenoxy) is 2. The van der Waals surface area contributed by atoms with Crippen molar-refractivity contribution in [2.45, 2.75) is 39.7 Å². The number of rotatable bonds is 14. The lowest BCUT2D eigenvalue weighted by Gasteiger charge is -2.26. The molecule has 3 rings (SSSR count). The molecular weight excluding hydrogens is 555 g/mol. The number of morpholine rings is 1. The van der Waals surface area contributed by atoms with Crippen LogP contribution in [0.2, 0.25) is 0 Å². The normalized spacial score (nSPS) is 14.5. The highest BCUT2D eigenvalue weighted by atomic mass is 35.5. The largest absolute Gasteiger partial charge is 0.463 e. The topological polar surface area (TPSA) is 115 Å². The summed E-state index contributed by atoms with van der Waals surface area (Å²) in [6, 6.07) is 5.32. The molecule has 0 spiro atoms. The maximum atomic E-state index is 12.4. The zero-order valence-electron chi connectivity index (χ0n) is 24.3. The van der Waals surface area contributed by atoms with E-state index in [0.717, 1.165) is 41.6 Å². The third-order valence-corrected chi connectivity index (χ3v) is 6.57. The molecule has 1 amide bonds. The first-order valence-corrected chi connectivity index (χ1v) is 15.0. The number of carbonyl (C=O) groups excluding carboxylic acids is 2. The Morgan fingerprint density at radius 3 is 2.45 bits per heavy atom. The van der Waals surface area contributed by atoms with Crippen molar-refractivity contribution in [1.29, 1.82) is 0 Å². The molecule has 2 aromatic rings. The van der Waals surface area contributed by atoms with Crippen LogP contribution in [0.4, 0.5) is 5.69 Å². The SMILES string of the molecule is CC(C)C.Cn1c(CCC(N)C(=O)NCC(=O)OCCN2CCOCC2)nc2cc(N(CCCl)CCCl)ccc21. The number of alkyl halides is 2. The minimum Gasteiger partial charge on any atom is -0.463 e. The zero-order valence-corrected chi connectivity index (χ0v) is 25.8. The molecular formula is C28H46Cl2N6O4. The van der Waals surface area contributed by atoms with E-state index in [1.807, 2.05) is 29.8 Å². The summed E-state index contributed by atoms with van der Waals surface area (Å²) in [5.41, 5.74) is 8.94. The molecule has 1 unspecified atom stereocenters. The number of fused-ring (bicyclic) bond motifs is 1. The molecule has 1 fully saturated rings. The van der Waals surface area contributed by atoms with Crippen LogP contribution in [0.3, 0.4) is 0 Å². The van der Waals surface area contributed by atoms with Crippen LogP contribution >= 0.6 is 23.2 Å². The quantitative estimate of drug-likeness (QED) is 0.251. The summed E-state index contributed by atoms with van der Waals surface area (Å²) >= 11 is 11.9. The highest BCUT2D eigenvalue weighted by Gasteiger charge is 2.18. The van der Waals surface area contributed by atoms with E-state index in [1.165, 1.54) is 0 Å². The molecule has 0 saturated carbocycles. The minimum atomic E-state index is -0.760. The average molecular weight is 602 g/mol. The Morgan fingerprint density at radius 1 is 1.18 bits per heavy atom.